The highest BCUT2D eigenvalue weighted by atomic mass is 35.5. The van der Waals surface area contributed by atoms with Crippen LogP contribution in [0.2, 0.25) is 5.02 Å². The Labute approximate surface area is 290 Å². The fourth-order valence-corrected chi connectivity index (χ4v) is 11.2. The van der Waals surface area contributed by atoms with E-state index in [-0.39, 0.29) is 52.7 Å². The van der Waals surface area contributed by atoms with Crippen LogP contribution in [0.1, 0.15) is 92.4 Å². The minimum absolute atomic E-state index is 0.0165. The van der Waals surface area contributed by atoms with Gasteiger partial charge in [-0.2, -0.15) is 0 Å². The Balaban J connectivity index is 1.09. The molecule has 2 aromatic rings. The Morgan fingerprint density at radius 3 is 2.60 bits per heavy atom. The Kier molecular flexibility index (Phi) is 10.4. The normalized spacial score (nSPS) is 34.9. The second-order valence-corrected chi connectivity index (χ2v) is 16.3. The van der Waals surface area contributed by atoms with Crippen LogP contribution in [0, 0.1) is 46.3 Å². The largest absolute Gasteiger partial charge is 0.462 e. The number of hydrogen-bond acceptors (Lipinski definition) is 8. The molecule has 0 radical (unpaired) electrons. The van der Waals surface area contributed by atoms with Gasteiger partial charge < -0.3 is 20.1 Å². The summed E-state index contributed by atoms with van der Waals surface area (Å²) in [5.74, 6) is 1.74. The van der Waals surface area contributed by atoms with E-state index < -0.39 is 0 Å². The number of Topliss-reactive ketones (excluding diaryl/α,β-unsaturated/α-hetero) is 1. The van der Waals surface area contributed by atoms with E-state index in [1.165, 1.54) is 13.8 Å². The van der Waals surface area contributed by atoms with Crippen molar-refractivity contribution in [1.29, 1.82) is 0 Å². The second-order valence-electron chi connectivity index (χ2n) is 15.8. The lowest BCUT2D eigenvalue weighted by molar-refractivity contribution is -0.219. The van der Waals surface area contributed by atoms with Crippen LogP contribution in [0.5, 0.6) is 0 Å². The lowest BCUT2D eigenvalue weighted by Crippen LogP contribution is -2.63. The second kappa shape index (κ2) is 14.3. The summed E-state index contributed by atoms with van der Waals surface area (Å²) in [6, 6.07) is 7.79. The third kappa shape index (κ3) is 6.73. The van der Waals surface area contributed by atoms with Gasteiger partial charge in [-0.25, -0.2) is 0 Å². The summed E-state index contributed by atoms with van der Waals surface area (Å²) < 4.78 is 12.4. The summed E-state index contributed by atoms with van der Waals surface area (Å²) in [5, 5.41) is 8.90. The number of halogens is 1. The standard InChI is InChI=1S/C39H54ClN3O5/c1-23(7-6-15-41-17-18-43-33-13-16-42-34-21-27(40)8-9-29(33)34)30-10-11-31-37-32(22-36(39(30,31)5)48-25(3)45)38(4)14-12-28(46)19-26(38)20-35(37)47-24(2)44/h8-9,13,16,21,23,26,30-32,35-37,41H,6-7,10-12,14-15,17-20,22H2,1-5H3,(H,42,43)/t23-,26+,30-,31+,32+,35-,36+,37+,38+,39-/m1/s1. The number of ether oxygens (including phenoxy) is 2. The van der Waals surface area contributed by atoms with Gasteiger partial charge in [-0.15, -0.1) is 0 Å². The van der Waals surface area contributed by atoms with Gasteiger partial charge in [0.15, 0.2) is 0 Å². The summed E-state index contributed by atoms with van der Waals surface area (Å²) in [6.07, 6.45) is 9.38. The van der Waals surface area contributed by atoms with Crippen LogP contribution >= 0.6 is 11.6 Å². The van der Waals surface area contributed by atoms with E-state index in [1.54, 1.807) is 0 Å². The Morgan fingerprint density at radius 1 is 1.04 bits per heavy atom. The average molecular weight is 680 g/mol. The molecule has 4 aliphatic carbocycles. The molecule has 0 bridgehead atoms. The summed E-state index contributed by atoms with van der Waals surface area (Å²) >= 11 is 6.14. The molecule has 262 valence electrons. The third-order valence-corrected chi connectivity index (χ3v) is 13.5. The summed E-state index contributed by atoms with van der Waals surface area (Å²) in [7, 11) is 0. The number of nitrogens with zero attached hydrogens (tertiary/aromatic N) is 1. The fourth-order valence-electron chi connectivity index (χ4n) is 11.0. The molecule has 1 aromatic carbocycles. The first-order chi connectivity index (χ1) is 22.9. The molecule has 8 nitrogen and oxygen atoms in total. The molecule has 4 aliphatic rings. The quantitative estimate of drug-likeness (QED) is 0.185. The summed E-state index contributed by atoms with van der Waals surface area (Å²) in [6.45, 7) is 12.8. The first-order valence-corrected chi connectivity index (χ1v) is 18.6. The molecular weight excluding hydrogens is 626 g/mol. The van der Waals surface area contributed by atoms with Crippen LogP contribution in [0.25, 0.3) is 10.9 Å². The molecule has 0 spiro atoms. The number of rotatable bonds is 11. The van der Waals surface area contributed by atoms with Crippen LogP contribution in [0.3, 0.4) is 0 Å². The minimum Gasteiger partial charge on any atom is -0.462 e. The van der Waals surface area contributed by atoms with Gasteiger partial charge in [0.25, 0.3) is 0 Å². The number of aromatic nitrogens is 1. The van der Waals surface area contributed by atoms with Crippen molar-refractivity contribution in [3.05, 3.63) is 35.5 Å². The van der Waals surface area contributed by atoms with Gasteiger partial charge >= 0.3 is 11.9 Å². The van der Waals surface area contributed by atoms with Crippen molar-refractivity contribution in [2.75, 3.05) is 25.0 Å². The summed E-state index contributed by atoms with van der Waals surface area (Å²) in [4.78, 5) is 42.0. The van der Waals surface area contributed by atoms with Crippen molar-refractivity contribution in [2.45, 2.75) is 105 Å². The first-order valence-electron chi connectivity index (χ1n) is 18.3. The van der Waals surface area contributed by atoms with E-state index in [2.05, 4.69) is 36.4 Å². The highest BCUT2D eigenvalue weighted by Crippen LogP contribution is 2.69. The lowest BCUT2D eigenvalue weighted by atomic mass is 9.43. The van der Waals surface area contributed by atoms with Crippen molar-refractivity contribution in [3.63, 3.8) is 0 Å². The molecule has 1 aromatic heterocycles. The molecule has 0 saturated heterocycles. The van der Waals surface area contributed by atoms with E-state index in [0.29, 0.717) is 41.4 Å². The molecule has 6 rings (SSSR count). The summed E-state index contributed by atoms with van der Waals surface area (Å²) in [5.41, 5.74) is 1.74. The molecule has 0 aliphatic heterocycles. The average Bonchev–Trinajstić information content (AvgIpc) is 3.39. The van der Waals surface area contributed by atoms with Crippen LogP contribution in [-0.4, -0.2) is 54.5 Å². The van der Waals surface area contributed by atoms with Crippen LogP contribution in [0.15, 0.2) is 30.5 Å². The Morgan fingerprint density at radius 2 is 1.83 bits per heavy atom. The molecule has 4 fully saturated rings. The molecule has 0 unspecified atom stereocenters. The maximum absolute atomic E-state index is 12.6. The number of hydrogen-bond donors (Lipinski definition) is 2. The SMILES string of the molecule is CC(=O)O[C@H]1C[C@H]2[C@@H]([C@H](OC(C)=O)C[C@@H]3CC(=O)CC[C@@]32C)[C@@H]2CC[C@H]([C@H](C)CCCNCCNc3ccnc4cc(Cl)ccc34)[C@@]12C. The number of anilines is 1. The number of ketones is 1. The molecule has 4 saturated carbocycles. The lowest BCUT2D eigenvalue weighted by Gasteiger charge is -2.63. The topological polar surface area (TPSA) is 107 Å². The van der Waals surface area contributed by atoms with Crippen molar-refractivity contribution < 1.29 is 23.9 Å². The zero-order chi connectivity index (χ0) is 34.2. The van der Waals surface area contributed by atoms with Crippen molar-refractivity contribution >= 4 is 45.9 Å². The maximum atomic E-state index is 12.6. The number of nitrogens with one attached hydrogen (secondary N) is 2. The number of esters is 2. The van der Waals surface area contributed by atoms with Gasteiger partial charge in [0.1, 0.15) is 18.0 Å². The van der Waals surface area contributed by atoms with Gasteiger partial charge in [-0.1, -0.05) is 32.4 Å². The highest BCUT2D eigenvalue weighted by molar-refractivity contribution is 6.31. The molecule has 1 heterocycles. The monoisotopic (exact) mass is 679 g/mol. The van der Waals surface area contributed by atoms with Crippen molar-refractivity contribution in [3.8, 4) is 0 Å². The molecule has 2 N–H and O–H groups in total. The Hall–Kier alpha value is -2.71. The fraction of sp³-hybridized carbons (Fsp3) is 0.692. The zero-order valence-corrected chi connectivity index (χ0v) is 30.1. The number of pyridine rings is 1. The number of fused-ring (bicyclic) bond motifs is 6. The van der Waals surface area contributed by atoms with E-state index >= 15 is 0 Å². The van der Waals surface area contributed by atoms with E-state index in [0.717, 1.165) is 81.2 Å². The van der Waals surface area contributed by atoms with Crippen molar-refractivity contribution in [1.82, 2.24) is 10.3 Å². The number of carbonyl (C=O) groups is 3. The van der Waals surface area contributed by atoms with Crippen LogP contribution in [0.4, 0.5) is 5.69 Å². The zero-order valence-electron chi connectivity index (χ0n) is 29.4. The van der Waals surface area contributed by atoms with Crippen LogP contribution in [-0.2, 0) is 23.9 Å². The van der Waals surface area contributed by atoms with Gasteiger partial charge in [-0.3, -0.25) is 19.4 Å². The van der Waals surface area contributed by atoms with Crippen LogP contribution < -0.4 is 10.6 Å². The molecule has 0 amide bonds. The number of carbonyl (C=O) groups excluding carboxylic acids is 3. The smallest absolute Gasteiger partial charge is 0.302 e. The first kappa shape index (κ1) is 35.1. The molecular formula is C39H54ClN3O5. The molecule has 48 heavy (non-hydrogen) atoms. The van der Waals surface area contributed by atoms with Gasteiger partial charge in [0, 0.05) is 73.4 Å². The van der Waals surface area contributed by atoms with E-state index in [9.17, 15) is 14.4 Å². The third-order valence-electron chi connectivity index (χ3n) is 13.3. The molecule has 9 heteroatoms. The predicted molar refractivity (Wildman–Crippen MR) is 189 cm³/mol. The molecule has 10 atom stereocenters. The highest BCUT2D eigenvalue weighted by Gasteiger charge is 2.67. The van der Waals surface area contributed by atoms with Gasteiger partial charge in [0.2, 0.25) is 0 Å². The van der Waals surface area contributed by atoms with E-state index in [1.807, 2.05) is 30.5 Å². The number of benzene rings is 1. The van der Waals surface area contributed by atoms with Gasteiger partial charge in [-0.05, 0) is 111 Å². The Bertz CT molecular complexity index is 1520. The maximum Gasteiger partial charge on any atom is 0.302 e. The van der Waals surface area contributed by atoms with Gasteiger partial charge in [0.05, 0.1) is 5.52 Å². The van der Waals surface area contributed by atoms with Crippen molar-refractivity contribution in [2.24, 2.45) is 46.3 Å². The predicted octanol–water partition coefficient (Wildman–Crippen LogP) is 7.62. The minimum atomic E-state index is -0.238. The van der Waals surface area contributed by atoms with E-state index in [4.69, 9.17) is 21.1 Å².